The first-order valence-electron chi connectivity index (χ1n) is 3.34. The number of nitriles is 1. The maximum absolute atomic E-state index is 8.32. The van der Waals surface area contributed by atoms with E-state index in [9.17, 15) is 0 Å². The fourth-order valence-electron chi connectivity index (χ4n) is 0.840. The maximum atomic E-state index is 8.32. The molecule has 0 radical (unpaired) electrons. The Kier molecular flexibility index (Phi) is 2.40. The van der Waals surface area contributed by atoms with Crippen LogP contribution in [0.1, 0.15) is 5.56 Å². The lowest BCUT2D eigenvalue weighted by atomic mass is 10.1. The van der Waals surface area contributed by atoms with Crippen LogP contribution in [-0.4, -0.2) is 5.71 Å². The second-order valence-electron chi connectivity index (χ2n) is 2.25. The van der Waals surface area contributed by atoms with E-state index in [2.05, 4.69) is 0 Å². The van der Waals surface area contributed by atoms with Gasteiger partial charge in [-0.15, -0.1) is 0 Å². The van der Waals surface area contributed by atoms with Crippen LogP contribution in [0.25, 0.3) is 0 Å². The second kappa shape index (κ2) is 3.52. The van der Waals surface area contributed by atoms with E-state index < -0.39 is 0 Å². The molecule has 54 valence electrons. The molecule has 0 saturated carbocycles. The molecule has 0 saturated heterocycles. The number of benzene rings is 1. The molecule has 11 heavy (non-hydrogen) atoms. The van der Waals surface area contributed by atoms with E-state index in [1.807, 2.05) is 30.3 Å². The van der Waals surface area contributed by atoms with Gasteiger partial charge >= 0.3 is 0 Å². The number of hydrogen-bond donors (Lipinski definition) is 1. The first-order valence-corrected chi connectivity index (χ1v) is 3.34. The Morgan fingerprint density at radius 1 is 1.36 bits per heavy atom. The molecule has 0 atom stereocenters. The van der Waals surface area contributed by atoms with Crippen molar-refractivity contribution in [1.29, 1.82) is 10.7 Å². The Hall–Kier alpha value is -1.62. The number of rotatable bonds is 2. The second-order valence-corrected chi connectivity index (χ2v) is 2.25. The van der Waals surface area contributed by atoms with Gasteiger partial charge in [-0.3, -0.25) is 5.41 Å². The first-order chi connectivity index (χ1) is 5.33. The zero-order valence-electron chi connectivity index (χ0n) is 6.04. The van der Waals surface area contributed by atoms with Crippen molar-refractivity contribution in [2.75, 3.05) is 0 Å². The zero-order chi connectivity index (χ0) is 8.10. The fraction of sp³-hybridized carbons (Fsp3) is 0.111. The summed E-state index contributed by atoms with van der Waals surface area (Å²) in [7, 11) is 0. The summed E-state index contributed by atoms with van der Waals surface area (Å²) in [5, 5.41) is 15.4. The lowest BCUT2D eigenvalue weighted by Crippen LogP contribution is -1.96. The summed E-state index contributed by atoms with van der Waals surface area (Å²) in [6, 6.07) is 11.3. The Bertz CT molecular complexity index is 282. The van der Waals surface area contributed by atoms with Crippen LogP contribution in [0.5, 0.6) is 0 Å². The summed E-state index contributed by atoms with van der Waals surface area (Å²) >= 11 is 0. The van der Waals surface area contributed by atoms with E-state index in [-0.39, 0.29) is 5.71 Å². The molecule has 0 aliphatic rings. The fourth-order valence-corrected chi connectivity index (χ4v) is 0.840. The molecular formula is C9H8N2. The van der Waals surface area contributed by atoms with Crippen LogP contribution in [-0.2, 0) is 6.42 Å². The van der Waals surface area contributed by atoms with Gasteiger partial charge in [0.05, 0.1) is 0 Å². The molecule has 1 rings (SSSR count). The highest BCUT2D eigenvalue weighted by atomic mass is 14.4. The summed E-state index contributed by atoms with van der Waals surface area (Å²) in [5.41, 5.74) is 1.12. The van der Waals surface area contributed by atoms with Crippen LogP contribution < -0.4 is 0 Å². The van der Waals surface area contributed by atoms with Crippen molar-refractivity contribution in [2.45, 2.75) is 6.42 Å². The van der Waals surface area contributed by atoms with E-state index in [0.29, 0.717) is 6.42 Å². The third-order valence-electron chi connectivity index (χ3n) is 1.36. The van der Waals surface area contributed by atoms with E-state index in [0.717, 1.165) is 5.56 Å². The topological polar surface area (TPSA) is 47.6 Å². The average Bonchev–Trinajstić information content (AvgIpc) is 2.06. The molecule has 1 aromatic carbocycles. The third kappa shape index (κ3) is 2.23. The maximum Gasteiger partial charge on any atom is 0.114 e. The summed E-state index contributed by atoms with van der Waals surface area (Å²) in [5.74, 6) is 0. The van der Waals surface area contributed by atoms with Crippen molar-refractivity contribution in [3.8, 4) is 6.07 Å². The Morgan fingerprint density at radius 3 is 2.55 bits per heavy atom. The minimum Gasteiger partial charge on any atom is -0.294 e. The molecular weight excluding hydrogens is 136 g/mol. The normalized spacial score (nSPS) is 8.64. The van der Waals surface area contributed by atoms with Gasteiger partial charge in [0.2, 0.25) is 0 Å². The van der Waals surface area contributed by atoms with Crippen LogP contribution in [0.15, 0.2) is 30.3 Å². The zero-order valence-corrected chi connectivity index (χ0v) is 6.04. The Morgan fingerprint density at radius 2 is 2.00 bits per heavy atom. The Balaban J connectivity index is 2.67. The molecule has 1 N–H and O–H groups in total. The van der Waals surface area contributed by atoms with E-state index in [1.54, 1.807) is 6.07 Å². The third-order valence-corrected chi connectivity index (χ3v) is 1.36. The molecule has 0 fully saturated rings. The highest BCUT2D eigenvalue weighted by Crippen LogP contribution is 1.99. The monoisotopic (exact) mass is 144 g/mol. The van der Waals surface area contributed by atoms with Gasteiger partial charge in [-0.25, -0.2) is 0 Å². The molecule has 2 nitrogen and oxygen atoms in total. The largest absolute Gasteiger partial charge is 0.294 e. The molecule has 0 aromatic heterocycles. The minimum atomic E-state index is 0.108. The summed E-state index contributed by atoms with van der Waals surface area (Å²) < 4.78 is 0. The number of hydrogen-bond acceptors (Lipinski definition) is 2. The smallest absolute Gasteiger partial charge is 0.114 e. The van der Waals surface area contributed by atoms with Crippen LogP contribution in [0.4, 0.5) is 0 Å². The molecule has 0 spiro atoms. The average molecular weight is 144 g/mol. The molecule has 0 amide bonds. The predicted molar refractivity (Wildman–Crippen MR) is 43.5 cm³/mol. The van der Waals surface area contributed by atoms with Crippen LogP contribution in [0.2, 0.25) is 0 Å². The van der Waals surface area contributed by atoms with Crippen LogP contribution in [0.3, 0.4) is 0 Å². The highest BCUT2D eigenvalue weighted by molar-refractivity contribution is 5.97. The van der Waals surface area contributed by atoms with Gasteiger partial charge in [-0.2, -0.15) is 5.26 Å². The molecule has 0 aliphatic carbocycles. The molecule has 2 heteroatoms. The van der Waals surface area contributed by atoms with E-state index in [4.69, 9.17) is 10.7 Å². The van der Waals surface area contributed by atoms with Crippen molar-refractivity contribution < 1.29 is 0 Å². The standard InChI is InChI=1S/C9H8N2/c10-7-9(11)6-8-4-2-1-3-5-8/h1-5,11H,6H2. The van der Waals surface area contributed by atoms with Gasteiger partial charge in [0, 0.05) is 6.42 Å². The van der Waals surface area contributed by atoms with Gasteiger partial charge in [0.1, 0.15) is 11.8 Å². The Labute approximate surface area is 65.6 Å². The van der Waals surface area contributed by atoms with Crippen LogP contribution in [0, 0.1) is 16.7 Å². The van der Waals surface area contributed by atoms with Gasteiger partial charge in [-0.1, -0.05) is 30.3 Å². The summed E-state index contributed by atoms with van der Waals surface area (Å²) in [6.45, 7) is 0. The first kappa shape index (κ1) is 7.49. The van der Waals surface area contributed by atoms with E-state index >= 15 is 0 Å². The highest BCUT2D eigenvalue weighted by Gasteiger charge is 1.94. The lowest BCUT2D eigenvalue weighted by Gasteiger charge is -1.94. The van der Waals surface area contributed by atoms with Crippen molar-refractivity contribution >= 4 is 5.71 Å². The molecule has 0 unspecified atom stereocenters. The molecule has 0 bridgehead atoms. The number of nitrogens with zero attached hydrogens (tertiary/aromatic N) is 1. The van der Waals surface area contributed by atoms with E-state index in [1.165, 1.54) is 0 Å². The van der Waals surface area contributed by atoms with Crippen molar-refractivity contribution in [3.63, 3.8) is 0 Å². The minimum absolute atomic E-state index is 0.108. The number of nitrogens with one attached hydrogen (secondary N) is 1. The lowest BCUT2D eigenvalue weighted by molar-refractivity contribution is 1.29. The SMILES string of the molecule is N#CC(=N)Cc1ccccc1. The van der Waals surface area contributed by atoms with Gasteiger partial charge in [0.15, 0.2) is 0 Å². The van der Waals surface area contributed by atoms with Gasteiger partial charge in [0.25, 0.3) is 0 Å². The quantitative estimate of drug-likeness (QED) is 0.632. The molecule has 0 aliphatic heterocycles. The van der Waals surface area contributed by atoms with Gasteiger partial charge < -0.3 is 0 Å². The van der Waals surface area contributed by atoms with Crippen molar-refractivity contribution in [3.05, 3.63) is 35.9 Å². The van der Waals surface area contributed by atoms with Crippen molar-refractivity contribution in [2.24, 2.45) is 0 Å². The molecule has 1 aromatic rings. The van der Waals surface area contributed by atoms with Gasteiger partial charge in [-0.05, 0) is 5.56 Å². The predicted octanol–water partition coefficient (Wildman–Crippen LogP) is 1.77. The van der Waals surface area contributed by atoms with Crippen LogP contribution >= 0.6 is 0 Å². The van der Waals surface area contributed by atoms with Crippen molar-refractivity contribution in [1.82, 2.24) is 0 Å². The summed E-state index contributed by atoms with van der Waals surface area (Å²) in [6.07, 6.45) is 0.442. The summed E-state index contributed by atoms with van der Waals surface area (Å²) in [4.78, 5) is 0. The molecule has 0 heterocycles.